The fourth-order valence-corrected chi connectivity index (χ4v) is 1.34. The fourth-order valence-electron chi connectivity index (χ4n) is 1.34. The van der Waals surface area contributed by atoms with E-state index in [0.29, 0.717) is 0 Å². The molecular weight excluding hydrogens is 270 g/mol. The first kappa shape index (κ1) is 17.7. The molecule has 0 saturated carbocycles. The summed E-state index contributed by atoms with van der Waals surface area (Å²) >= 11 is 0. The average molecular weight is 289 g/mol. The third-order valence-corrected chi connectivity index (χ3v) is 2.40. The predicted octanol–water partition coefficient (Wildman–Crippen LogP) is -0.870. The van der Waals surface area contributed by atoms with Crippen molar-refractivity contribution in [1.29, 1.82) is 0 Å². The zero-order chi connectivity index (χ0) is 15.5. The minimum Gasteiger partial charge on any atom is -0.481 e. The number of carboxylic acid groups (broad SMARTS) is 2. The molecule has 0 aromatic rings. The van der Waals surface area contributed by atoms with Gasteiger partial charge in [0.15, 0.2) is 0 Å². The van der Waals surface area contributed by atoms with Gasteiger partial charge < -0.3 is 26.2 Å². The Morgan fingerprint density at radius 3 is 2.25 bits per heavy atom. The second kappa shape index (κ2) is 9.59. The fraction of sp³-hybridized carbons (Fsp3) is 0.636. The highest BCUT2D eigenvalue weighted by Gasteiger charge is 2.19. The predicted molar refractivity (Wildman–Crippen MR) is 68.1 cm³/mol. The lowest BCUT2D eigenvalue weighted by atomic mass is 10.1. The van der Waals surface area contributed by atoms with Crippen LogP contribution in [-0.2, 0) is 14.4 Å². The Kier molecular flexibility index (Phi) is 8.48. The van der Waals surface area contributed by atoms with Gasteiger partial charge in [-0.25, -0.2) is 9.59 Å². The molecule has 0 bridgehead atoms. The Morgan fingerprint density at radius 1 is 1.10 bits per heavy atom. The molecule has 0 rings (SSSR count). The Bertz CT molecular complexity index is 371. The number of urea groups is 1. The van der Waals surface area contributed by atoms with Crippen LogP contribution in [-0.4, -0.2) is 53.7 Å². The largest absolute Gasteiger partial charge is 0.481 e. The average Bonchev–Trinajstić information content (AvgIpc) is 2.36. The monoisotopic (exact) mass is 289 g/mol. The third-order valence-electron chi connectivity index (χ3n) is 2.40. The molecule has 0 aliphatic rings. The summed E-state index contributed by atoms with van der Waals surface area (Å²) in [6.07, 6.45) is 0.0831. The van der Waals surface area contributed by atoms with Gasteiger partial charge in [-0.2, -0.15) is 0 Å². The number of nitrogens with one attached hydrogen (secondary N) is 3. The number of aliphatic carboxylic acids is 2. The molecule has 114 valence electrons. The highest BCUT2D eigenvalue weighted by atomic mass is 16.4. The van der Waals surface area contributed by atoms with E-state index < -0.39 is 24.0 Å². The van der Waals surface area contributed by atoms with Crippen LogP contribution >= 0.6 is 0 Å². The van der Waals surface area contributed by atoms with Crippen LogP contribution in [0.4, 0.5) is 4.79 Å². The first-order valence-corrected chi connectivity index (χ1v) is 6.06. The number of hydrogen-bond donors (Lipinski definition) is 5. The second-order valence-electron chi connectivity index (χ2n) is 4.00. The van der Waals surface area contributed by atoms with Gasteiger partial charge in [-0.15, -0.1) is 0 Å². The molecule has 20 heavy (non-hydrogen) atoms. The maximum atomic E-state index is 11.4. The summed E-state index contributed by atoms with van der Waals surface area (Å²) in [6.45, 7) is 0.0764. The summed E-state index contributed by atoms with van der Waals surface area (Å²) in [4.78, 5) is 43.5. The van der Waals surface area contributed by atoms with Gasteiger partial charge in [0.1, 0.15) is 6.04 Å². The minimum absolute atomic E-state index is 0.0184. The molecule has 0 fully saturated rings. The smallest absolute Gasteiger partial charge is 0.326 e. The summed E-state index contributed by atoms with van der Waals surface area (Å²) < 4.78 is 0. The van der Waals surface area contributed by atoms with E-state index in [4.69, 9.17) is 10.2 Å². The molecule has 0 aliphatic carbocycles. The van der Waals surface area contributed by atoms with E-state index in [-0.39, 0.29) is 38.1 Å². The van der Waals surface area contributed by atoms with E-state index in [1.807, 2.05) is 0 Å². The van der Waals surface area contributed by atoms with Crippen LogP contribution in [0.1, 0.15) is 25.7 Å². The van der Waals surface area contributed by atoms with Crippen LogP contribution in [0.5, 0.6) is 0 Å². The van der Waals surface area contributed by atoms with E-state index in [0.717, 1.165) is 0 Å². The van der Waals surface area contributed by atoms with Crippen molar-refractivity contribution in [3.8, 4) is 0 Å². The standard InChI is InChI=1S/C11H19N3O6/c1-12-8(15)5-6-13-11(20)14-7(10(18)19)3-2-4-9(16)17/h7H,2-6H2,1H3,(H,12,15)(H,16,17)(H,18,19)(H2,13,14,20)/t7-/m1/s1. The van der Waals surface area contributed by atoms with Crippen LogP contribution in [0.25, 0.3) is 0 Å². The molecule has 9 heteroatoms. The lowest BCUT2D eigenvalue weighted by Gasteiger charge is -2.14. The van der Waals surface area contributed by atoms with E-state index in [2.05, 4.69) is 16.0 Å². The molecule has 0 unspecified atom stereocenters. The zero-order valence-electron chi connectivity index (χ0n) is 11.1. The topological polar surface area (TPSA) is 145 Å². The minimum atomic E-state index is -1.24. The second-order valence-corrected chi connectivity index (χ2v) is 4.00. The van der Waals surface area contributed by atoms with Gasteiger partial charge in [-0.1, -0.05) is 0 Å². The Morgan fingerprint density at radius 2 is 1.75 bits per heavy atom. The quantitative estimate of drug-likeness (QED) is 0.373. The van der Waals surface area contributed by atoms with Crippen molar-refractivity contribution in [2.75, 3.05) is 13.6 Å². The van der Waals surface area contributed by atoms with Crippen molar-refractivity contribution in [2.45, 2.75) is 31.7 Å². The Labute approximate surface area is 115 Å². The van der Waals surface area contributed by atoms with Crippen molar-refractivity contribution in [3.05, 3.63) is 0 Å². The lowest BCUT2D eigenvalue weighted by Crippen LogP contribution is -2.46. The maximum Gasteiger partial charge on any atom is 0.326 e. The number of hydrogen-bond acceptors (Lipinski definition) is 4. The molecule has 3 amide bonds. The normalized spacial score (nSPS) is 11.2. The van der Waals surface area contributed by atoms with E-state index in [1.165, 1.54) is 7.05 Å². The number of carbonyl (C=O) groups excluding carboxylic acids is 2. The van der Waals surface area contributed by atoms with Crippen molar-refractivity contribution in [3.63, 3.8) is 0 Å². The van der Waals surface area contributed by atoms with Crippen LogP contribution in [0.15, 0.2) is 0 Å². The molecule has 0 heterocycles. The van der Waals surface area contributed by atoms with E-state index in [1.54, 1.807) is 0 Å². The van der Waals surface area contributed by atoms with Gasteiger partial charge in [0, 0.05) is 26.4 Å². The zero-order valence-corrected chi connectivity index (χ0v) is 11.1. The van der Waals surface area contributed by atoms with Crippen molar-refractivity contribution in [2.24, 2.45) is 0 Å². The van der Waals surface area contributed by atoms with Crippen molar-refractivity contribution >= 4 is 23.9 Å². The summed E-state index contributed by atoms with van der Waals surface area (Å²) in [7, 11) is 1.46. The number of carboxylic acids is 2. The van der Waals surface area contributed by atoms with Crippen LogP contribution in [0.3, 0.4) is 0 Å². The molecule has 0 aromatic carbocycles. The molecule has 9 nitrogen and oxygen atoms in total. The lowest BCUT2D eigenvalue weighted by molar-refractivity contribution is -0.140. The highest BCUT2D eigenvalue weighted by Crippen LogP contribution is 2.01. The van der Waals surface area contributed by atoms with Gasteiger partial charge in [0.2, 0.25) is 5.91 Å². The van der Waals surface area contributed by atoms with Gasteiger partial charge in [-0.3, -0.25) is 9.59 Å². The maximum absolute atomic E-state index is 11.4. The number of carbonyl (C=O) groups is 4. The van der Waals surface area contributed by atoms with Crippen LogP contribution < -0.4 is 16.0 Å². The molecule has 0 radical (unpaired) electrons. The van der Waals surface area contributed by atoms with Crippen LogP contribution in [0, 0.1) is 0 Å². The number of rotatable bonds is 9. The first-order chi connectivity index (χ1) is 9.36. The summed E-state index contributed by atoms with van der Waals surface area (Å²) in [5, 5.41) is 24.3. The Hall–Kier alpha value is -2.32. The van der Waals surface area contributed by atoms with E-state index in [9.17, 15) is 19.2 Å². The highest BCUT2D eigenvalue weighted by molar-refractivity contribution is 5.83. The SMILES string of the molecule is CNC(=O)CCNC(=O)N[C@H](CCCC(=O)O)C(=O)O. The van der Waals surface area contributed by atoms with Crippen LogP contribution in [0.2, 0.25) is 0 Å². The molecule has 0 aromatic heterocycles. The van der Waals surface area contributed by atoms with Crippen molar-refractivity contribution < 1.29 is 29.4 Å². The van der Waals surface area contributed by atoms with Crippen molar-refractivity contribution in [1.82, 2.24) is 16.0 Å². The molecule has 0 aliphatic heterocycles. The van der Waals surface area contributed by atoms with E-state index >= 15 is 0 Å². The van der Waals surface area contributed by atoms with Gasteiger partial charge in [-0.05, 0) is 12.8 Å². The Balaban J connectivity index is 4.04. The molecule has 0 saturated heterocycles. The van der Waals surface area contributed by atoms with Gasteiger partial charge in [0.05, 0.1) is 0 Å². The molecule has 0 spiro atoms. The first-order valence-electron chi connectivity index (χ1n) is 6.06. The summed E-state index contributed by atoms with van der Waals surface area (Å²) in [5.41, 5.74) is 0. The van der Waals surface area contributed by atoms with Gasteiger partial charge in [0.25, 0.3) is 0 Å². The molecule has 1 atom stereocenters. The van der Waals surface area contributed by atoms with Gasteiger partial charge >= 0.3 is 18.0 Å². The summed E-state index contributed by atoms with van der Waals surface area (Å²) in [6, 6.07) is -1.87. The third kappa shape index (κ3) is 8.72. The summed E-state index contributed by atoms with van der Waals surface area (Å²) in [5.74, 6) is -2.51. The molecule has 5 N–H and O–H groups in total. The number of amides is 3. The molecular formula is C11H19N3O6.